The highest BCUT2D eigenvalue weighted by Crippen LogP contribution is 2.50. The first kappa shape index (κ1) is 23.4. The molecule has 12 heteroatoms. The highest BCUT2D eigenvalue weighted by molar-refractivity contribution is 8.00. The third kappa shape index (κ3) is 5.09. The number of hydrogen-bond donors (Lipinski definition) is 1. The molecule has 4 unspecified atom stereocenters. The zero-order chi connectivity index (χ0) is 22.8. The molecule has 0 aliphatic carbocycles. The lowest BCUT2D eigenvalue weighted by Gasteiger charge is -2.34. The van der Waals surface area contributed by atoms with Crippen LogP contribution >= 0.6 is 11.8 Å². The van der Waals surface area contributed by atoms with Gasteiger partial charge in [0.2, 0.25) is 0 Å². The Morgan fingerprint density at radius 3 is 2.39 bits per heavy atom. The van der Waals surface area contributed by atoms with Crippen molar-refractivity contribution >= 4 is 53.6 Å². The molecule has 8 nitrogen and oxygen atoms in total. The van der Waals surface area contributed by atoms with E-state index in [0.717, 1.165) is 22.1 Å². The summed E-state index contributed by atoms with van der Waals surface area (Å²) in [5.74, 6) is 0.809. The van der Waals surface area contributed by atoms with Crippen molar-refractivity contribution in [3.8, 4) is 0 Å². The number of nitrogens with one attached hydrogen (secondary N) is 1. The number of hydrogen-bond acceptors (Lipinski definition) is 8. The van der Waals surface area contributed by atoms with Crippen LogP contribution in [0.1, 0.15) is 6.23 Å². The maximum atomic E-state index is 6.66. The quantitative estimate of drug-likeness (QED) is 0.559. The number of thioether (sulfide) groups is 1. The van der Waals surface area contributed by atoms with Crippen molar-refractivity contribution < 1.29 is 13.6 Å². The summed E-state index contributed by atoms with van der Waals surface area (Å²) in [4.78, 5) is 17.7. The van der Waals surface area contributed by atoms with Gasteiger partial charge in [0.15, 0.2) is 39.2 Å². The second kappa shape index (κ2) is 7.92. The Kier molecular flexibility index (Phi) is 5.98. The van der Waals surface area contributed by atoms with E-state index < -0.39 is 24.9 Å². The van der Waals surface area contributed by atoms with Crippen molar-refractivity contribution in [2.45, 2.75) is 87.8 Å². The second-order valence-corrected chi connectivity index (χ2v) is 26.2. The fourth-order valence-electron chi connectivity index (χ4n) is 3.83. The van der Waals surface area contributed by atoms with Gasteiger partial charge in [0, 0.05) is 0 Å². The van der Waals surface area contributed by atoms with Crippen molar-refractivity contribution in [1.29, 1.82) is 0 Å². The van der Waals surface area contributed by atoms with Crippen LogP contribution in [0.5, 0.6) is 0 Å². The van der Waals surface area contributed by atoms with Gasteiger partial charge < -0.3 is 18.6 Å². The fourth-order valence-corrected chi connectivity index (χ4v) is 7.87. The molecule has 2 aliphatic heterocycles. The minimum absolute atomic E-state index is 0.0266. The topological polar surface area (TPSA) is 83.3 Å². The van der Waals surface area contributed by atoms with Gasteiger partial charge in [-0.3, -0.25) is 4.57 Å². The molecule has 172 valence electrons. The highest BCUT2D eigenvalue weighted by Gasteiger charge is 2.53. The number of anilines is 1. The van der Waals surface area contributed by atoms with Crippen LogP contribution in [0.2, 0.25) is 58.9 Å². The molecule has 1 N–H and O–H groups in total. The highest BCUT2D eigenvalue weighted by atomic mass is 32.2. The van der Waals surface area contributed by atoms with E-state index in [1.165, 1.54) is 0 Å². The average molecular weight is 498 g/mol. The van der Waals surface area contributed by atoms with E-state index in [1.54, 1.807) is 18.1 Å². The summed E-state index contributed by atoms with van der Waals surface area (Å²) in [6.45, 7) is 20.6. The molecule has 0 aromatic carbocycles. The zero-order valence-corrected chi connectivity index (χ0v) is 23.8. The SMILES string of the molecule is C[Si](C)(C)Nc1ncnc2c1nc1n2C2OC(CO[Si](C)(C)C)C(S1)C2O[Si](C)(C)C. The smallest absolute Gasteiger partial charge is 0.184 e. The van der Waals surface area contributed by atoms with Gasteiger partial charge in [-0.25, -0.2) is 15.0 Å². The number of nitrogens with zero attached hydrogens (tertiary/aromatic N) is 4. The van der Waals surface area contributed by atoms with E-state index in [9.17, 15) is 0 Å². The Morgan fingerprint density at radius 2 is 1.77 bits per heavy atom. The van der Waals surface area contributed by atoms with Gasteiger partial charge in [-0.2, -0.15) is 0 Å². The largest absolute Gasteiger partial charge is 0.415 e. The maximum absolute atomic E-state index is 6.66. The standard InChI is InChI=1S/C19H35N5O3SSi3/c1-29(2,3)23-16-13-17(21-11-20-16)24-18-14(27-31(7,8)9)15(28-19(24)22-13)12(26-18)10-25-30(4,5)6/h11-12,14-15,18H,10H2,1-9H3,(H,20,21,23). The number of imidazole rings is 1. The van der Waals surface area contributed by atoms with Gasteiger partial charge in [-0.1, -0.05) is 31.4 Å². The van der Waals surface area contributed by atoms with Crippen LogP contribution < -0.4 is 4.98 Å². The molecule has 0 saturated carbocycles. The average Bonchev–Trinajstić information content (AvgIpc) is 3.05. The third-order valence-electron chi connectivity index (χ3n) is 4.89. The summed E-state index contributed by atoms with van der Waals surface area (Å²) in [6, 6.07) is 0. The van der Waals surface area contributed by atoms with Crippen LogP contribution in [0, 0.1) is 0 Å². The molecule has 4 heterocycles. The maximum Gasteiger partial charge on any atom is 0.184 e. The van der Waals surface area contributed by atoms with Crippen molar-refractivity contribution in [1.82, 2.24) is 19.5 Å². The van der Waals surface area contributed by atoms with Gasteiger partial charge >= 0.3 is 0 Å². The number of fused-ring (bicyclic) bond motifs is 6. The van der Waals surface area contributed by atoms with Gasteiger partial charge in [-0.05, 0) is 39.3 Å². The normalized spacial score (nSPS) is 26.4. The molecule has 0 radical (unpaired) electrons. The van der Waals surface area contributed by atoms with Gasteiger partial charge in [-0.15, -0.1) is 0 Å². The summed E-state index contributed by atoms with van der Waals surface area (Å²) in [6.07, 6.45) is 1.30. The van der Waals surface area contributed by atoms with Crippen molar-refractivity contribution in [2.24, 2.45) is 0 Å². The molecule has 2 aromatic heterocycles. The Morgan fingerprint density at radius 1 is 1.06 bits per heavy atom. The van der Waals surface area contributed by atoms with E-state index in [2.05, 4.69) is 78.4 Å². The molecule has 2 aliphatic rings. The lowest BCUT2D eigenvalue weighted by atomic mass is 10.2. The van der Waals surface area contributed by atoms with Gasteiger partial charge in [0.05, 0.1) is 18.0 Å². The summed E-state index contributed by atoms with van der Waals surface area (Å²) >= 11 is 1.73. The summed E-state index contributed by atoms with van der Waals surface area (Å²) in [5, 5.41) is 1.08. The molecule has 0 spiro atoms. The molecule has 1 saturated heterocycles. The van der Waals surface area contributed by atoms with Crippen LogP contribution in [0.25, 0.3) is 11.2 Å². The molecule has 2 bridgehead atoms. The Bertz CT molecular complexity index is 970. The number of aromatic nitrogens is 4. The van der Waals surface area contributed by atoms with Crippen molar-refractivity contribution in [3.05, 3.63) is 6.33 Å². The fraction of sp³-hybridized carbons (Fsp3) is 0.737. The van der Waals surface area contributed by atoms with Crippen LogP contribution in [0.3, 0.4) is 0 Å². The number of rotatable bonds is 7. The molecule has 4 rings (SSSR count). The Hall–Kier alpha value is -0.769. The van der Waals surface area contributed by atoms with Crippen molar-refractivity contribution in [2.75, 3.05) is 11.6 Å². The molecule has 2 aromatic rings. The zero-order valence-electron chi connectivity index (χ0n) is 20.0. The second-order valence-electron chi connectivity index (χ2n) is 11.3. The minimum atomic E-state index is -1.79. The first-order valence-corrected chi connectivity index (χ1v) is 22.1. The van der Waals surface area contributed by atoms with Crippen LogP contribution in [0.15, 0.2) is 11.5 Å². The molecule has 4 atom stereocenters. The molecule has 1 fully saturated rings. The van der Waals surface area contributed by atoms with E-state index in [0.29, 0.717) is 6.61 Å². The predicted molar refractivity (Wildman–Crippen MR) is 133 cm³/mol. The molecule has 31 heavy (non-hydrogen) atoms. The van der Waals surface area contributed by atoms with E-state index in [4.69, 9.17) is 18.6 Å². The van der Waals surface area contributed by atoms with Crippen LogP contribution in [-0.2, 0) is 13.6 Å². The first-order valence-electron chi connectivity index (χ1n) is 10.9. The molecule has 0 amide bonds. The summed E-state index contributed by atoms with van der Waals surface area (Å²) in [7, 11) is -5.02. The Labute approximate surface area is 192 Å². The third-order valence-corrected chi connectivity index (χ3v) is 9.23. The van der Waals surface area contributed by atoms with E-state index in [1.807, 2.05) is 0 Å². The molecular formula is C19H35N5O3SSi3. The Balaban J connectivity index is 1.72. The first-order chi connectivity index (χ1) is 14.2. The number of ether oxygens (including phenoxy) is 1. The van der Waals surface area contributed by atoms with Gasteiger partial charge in [0.25, 0.3) is 0 Å². The van der Waals surface area contributed by atoms with Crippen LogP contribution in [-0.4, -0.2) is 68.5 Å². The monoisotopic (exact) mass is 497 g/mol. The molecular weight excluding hydrogens is 463 g/mol. The lowest BCUT2D eigenvalue weighted by molar-refractivity contribution is -0.0464. The van der Waals surface area contributed by atoms with E-state index >= 15 is 0 Å². The summed E-state index contributed by atoms with van der Waals surface area (Å²) in [5.41, 5.74) is 1.61. The lowest BCUT2D eigenvalue weighted by Crippen LogP contribution is -2.43. The predicted octanol–water partition coefficient (Wildman–Crippen LogP) is 4.52. The summed E-state index contributed by atoms with van der Waals surface area (Å²) < 4.78 is 21.6. The van der Waals surface area contributed by atoms with E-state index in [-0.39, 0.29) is 23.7 Å². The minimum Gasteiger partial charge on any atom is -0.415 e. The van der Waals surface area contributed by atoms with Crippen LogP contribution in [0.4, 0.5) is 5.82 Å². The van der Waals surface area contributed by atoms with Gasteiger partial charge in [0.1, 0.15) is 26.5 Å². The van der Waals surface area contributed by atoms with Crippen molar-refractivity contribution in [3.63, 3.8) is 0 Å².